The van der Waals surface area contributed by atoms with Crippen LogP contribution in [0.2, 0.25) is 0 Å². The number of thioether (sulfide) groups is 1. The van der Waals surface area contributed by atoms with Crippen LogP contribution in [0.15, 0.2) is 118 Å². The van der Waals surface area contributed by atoms with Gasteiger partial charge in [-0.25, -0.2) is 0 Å². The molecule has 2 aromatic heterocycles. The number of hydrogen-bond acceptors (Lipinski definition) is 7. The normalized spacial score (nSPS) is 14.6. The number of hydrogen-bond donors (Lipinski definition) is 1. The quantitative estimate of drug-likeness (QED) is 0.0839. The molecule has 0 unspecified atom stereocenters. The summed E-state index contributed by atoms with van der Waals surface area (Å²) in [6, 6.07) is 33.4. The van der Waals surface area contributed by atoms with Crippen molar-refractivity contribution in [1.29, 1.82) is 0 Å². The van der Waals surface area contributed by atoms with E-state index in [4.69, 9.17) is 0 Å². The van der Waals surface area contributed by atoms with E-state index in [-0.39, 0.29) is 11.3 Å². The molecule has 0 spiro atoms. The third kappa shape index (κ3) is 7.40. The molecule has 4 aromatic carbocycles. The molecule has 0 saturated carbocycles. The lowest BCUT2D eigenvalue weighted by atomic mass is 10.1. The van der Waals surface area contributed by atoms with E-state index in [1.54, 1.807) is 23.1 Å². The van der Waals surface area contributed by atoms with Gasteiger partial charge in [0.1, 0.15) is 16.1 Å². The Balaban J connectivity index is 1.31. The summed E-state index contributed by atoms with van der Waals surface area (Å²) >= 11 is 4.89. The van der Waals surface area contributed by atoms with E-state index in [0.29, 0.717) is 30.5 Å². The Hall–Kier alpha value is -4.26. The lowest BCUT2D eigenvalue weighted by Crippen LogP contribution is -2.36. The van der Waals surface area contributed by atoms with E-state index >= 15 is 0 Å². The van der Waals surface area contributed by atoms with E-state index in [0.717, 1.165) is 53.7 Å². The zero-order valence-corrected chi connectivity index (χ0v) is 31.6. The maximum atomic E-state index is 13.9. The molecule has 7 rings (SSSR count). The highest BCUT2D eigenvalue weighted by atomic mass is 32.2. The molecule has 11 heteroatoms. The van der Waals surface area contributed by atoms with E-state index < -0.39 is 10.1 Å². The number of thiazole rings is 2. The topological polar surface area (TPSA) is 83.5 Å². The maximum Gasteiger partial charge on any atom is 0.269 e. The minimum Gasteiger partial charge on any atom is -0.335 e. The number of anilines is 1. The Kier molecular flexibility index (Phi) is 10.4. The highest BCUT2D eigenvalue weighted by Crippen LogP contribution is 2.49. The smallest absolute Gasteiger partial charge is 0.269 e. The predicted molar refractivity (Wildman–Crippen MR) is 213 cm³/mol. The monoisotopic (exact) mass is 752 g/mol. The highest BCUT2D eigenvalue weighted by molar-refractivity contribution is 8.04. The third-order valence-corrected chi connectivity index (χ3v) is 13.2. The second-order valence-electron chi connectivity index (χ2n) is 12.1. The van der Waals surface area contributed by atoms with E-state index in [9.17, 15) is 17.8 Å². The molecule has 1 N–H and O–H groups in total. The maximum absolute atomic E-state index is 13.9. The molecule has 0 radical (unpaired) electrons. The van der Waals surface area contributed by atoms with Crippen molar-refractivity contribution in [2.45, 2.75) is 44.7 Å². The first-order valence-corrected chi connectivity index (χ1v) is 21.0. The Morgan fingerprint density at radius 1 is 0.824 bits per heavy atom. The minimum atomic E-state index is -4.02. The number of nitrogens with zero attached hydrogens (tertiary/aromatic N) is 3. The lowest BCUT2D eigenvalue weighted by Gasteiger charge is -2.20. The molecule has 0 atom stereocenters. The molecule has 51 heavy (non-hydrogen) atoms. The second kappa shape index (κ2) is 15.1. The summed E-state index contributed by atoms with van der Waals surface area (Å²) in [5, 5.41) is 4.34. The molecule has 1 aliphatic rings. The van der Waals surface area contributed by atoms with E-state index in [1.807, 2.05) is 47.9 Å². The first kappa shape index (κ1) is 35.2. The molecule has 0 bridgehead atoms. The van der Waals surface area contributed by atoms with E-state index in [1.165, 1.54) is 21.9 Å². The standard InChI is InChI=1S/C40H37N3O4S4/c1-3-41-35(50-38(30-18-9-6-10-19-30)37(41)29-16-7-5-8-17-29)27-36-42(4-2)40(44)33(48-36)23-24-34-43(25-13-14-26-51(45,46)47)32-22-21-28-15-11-12-20-31(28)39(32)49-34/h5-12,15-24,27H,3-4,13-14,25-26H2,1-2H3/p+1. The summed E-state index contributed by atoms with van der Waals surface area (Å²) in [6.45, 7) is 6.07. The van der Waals surface area contributed by atoms with E-state index in [2.05, 4.69) is 95.3 Å². The van der Waals surface area contributed by atoms with Crippen LogP contribution < -0.4 is 24.2 Å². The Labute approximate surface area is 309 Å². The molecule has 6 aromatic rings. The lowest BCUT2D eigenvalue weighted by molar-refractivity contribution is -0.679. The summed E-state index contributed by atoms with van der Waals surface area (Å²) < 4.78 is 37.7. The van der Waals surface area contributed by atoms with Crippen LogP contribution in [0.5, 0.6) is 0 Å². The average Bonchev–Trinajstić information content (AvgIpc) is 3.79. The first-order valence-electron chi connectivity index (χ1n) is 17.0. The van der Waals surface area contributed by atoms with Crippen molar-refractivity contribution in [3.63, 3.8) is 0 Å². The molecule has 0 aliphatic carbocycles. The number of aromatic nitrogens is 2. The molecule has 0 fully saturated rings. The zero-order valence-electron chi connectivity index (χ0n) is 28.4. The van der Waals surface area contributed by atoms with Gasteiger partial charge in [-0.1, -0.05) is 102 Å². The third-order valence-electron chi connectivity index (χ3n) is 8.89. The molecule has 260 valence electrons. The molecule has 1 aliphatic heterocycles. The Morgan fingerprint density at radius 3 is 2.24 bits per heavy atom. The van der Waals surface area contributed by atoms with Gasteiger partial charge in [-0.2, -0.15) is 13.0 Å². The van der Waals surface area contributed by atoms with Crippen LogP contribution >= 0.6 is 34.4 Å². The number of unbranched alkanes of at least 4 members (excludes halogenated alkanes) is 1. The van der Waals surface area contributed by atoms with Gasteiger partial charge >= 0.3 is 0 Å². The van der Waals surface area contributed by atoms with Crippen LogP contribution in [0.3, 0.4) is 0 Å². The number of fused-ring (bicyclic) bond motifs is 3. The summed E-state index contributed by atoms with van der Waals surface area (Å²) in [5.74, 6) is -0.267. The zero-order chi connectivity index (χ0) is 35.5. The predicted octanol–water partition coefficient (Wildman–Crippen LogP) is 7.52. The van der Waals surface area contributed by atoms with Crippen LogP contribution in [-0.4, -0.2) is 29.8 Å². The van der Waals surface area contributed by atoms with Crippen LogP contribution in [0.4, 0.5) is 5.69 Å². The fourth-order valence-electron chi connectivity index (χ4n) is 6.48. The van der Waals surface area contributed by atoms with Crippen molar-refractivity contribution in [1.82, 2.24) is 4.57 Å². The molecule has 3 heterocycles. The van der Waals surface area contributed by atoms with Crippen molar-refractivity contribution in [3.8, 4) is 21.7 Å². The summed E-state index contributed by atoms with van der Waals surface area (Å²) in [7, 11) is -4.02. The first-order chi connectivity index (χ1) is 24.8. The summed E-state index contributed by atoms with van der Waals surface area (Å²) in [5.41, 5.74) is 4.51. The van der Waals surface area contributed by atoms with Gasteiger partial charge in [0.2, 0.25) is 5.69 Å². The van der Waals surface area contributed by atoms with Crippen molar-refractivity contribution >= 4 is 73.2 Å². The van der Waals surface area contributed by atoms with Gasteiger partial charge in [-0.05, 0) is 73.4 Å². The summed E-state index contributed by atoms with van der Waals surface area (Å²) in [6.07, 6.45) is 7.02. The number of rotatable bonds is 11. The van der Waals surface area contributed by atoms with Gasteiger partial charge in [-0.3, -0.25) is 13.9 Å². The van der Waals surface area contributed by atoms with Crippen molar-refractivity contribution in [2.24, 2.45) is 0 Å². The average molecular weight is 753 g/mol. The molecule has 7 nitrogen and oxygen atoms in total. The minimum absolute atomic E-state index is 0.0255. The molecular formula is C40H38N3O4S4+. The van der Waals surface area contributed by atoms with Crippen LogP contribution in [0.25, 0.3) is 44.6 Å². The van der Waals surface area contributed by atoms with Gasteiger partial charge in [0.15, 0.2) is 0 Å². The van der Waals surface area contributed by atoms with Gasteiger partial charge in [0, 0.05) is 23.5 Å². The van der Waals surface area contributed by atoms with Gasteiger partial charge in [0.25, 0.3) is 20.7 Å². The van der Waals surface area contributed by atoms with Gasteiger partial charge < -0.3 is 4.90 Å². The van der Waals surface area contributed by atoms with Gasteiger partial charge in [0.05, 0.1) is 27.1 Å². The Morgan fingerprint density at radius 2 is 1.53 bits per heavy atom. The largest absolute Gasteiger partial charge is 0.335 e. The summed E-state index contributed by atoms with van der Waals surface area (Å²) in [4.78, 5) is 18.4. The van der Waals surface area contributed by atoms with Crippen molar-refractivity contribution < 1.29 is 17.5 Å². The van der Waals surface area contributed by atoms with Crippen molar-refractivity contribution in [2.75, 3.05) is 17.2 Å². The van der Waals surface area contributed by atoms with Gasteiger partial charge in [-0.15, -0.1) is 11.3 Å². The number of benzene rings is 4. The fourth-order valence-corrected chi connectivity index (χ4v) is 10.7. The van der Waals surface area contributed by atoms with Crippen LogP contribution in [0, 0.1) is 0 Å². The fraction of sp³-hybridized carbons (Fsp3) is 0.200. The van der Waals surface area contributed by atoms with Crippen molar-refractivity contribution in [3.05, 3.63) is 133 Å². The number of allylic oxidation sites excluding steroid dienone is 1. The Bertz CT molecular complexity index is 2540. The molecule has 0 saturated heterocycles. The SMILES string of the molecule is CCn1c(=Cc2sc(-c3ccccc3)c(-c3ccccc3)[n+]2CC)sc(=CC=C2Sc3c(ccc4ccccc34)N2CCCCS(=O)(=O)O)c1=O. The van der Waals surface area contributed by atoms with Crippen LogP contribution in [0.1, 0.15) is 31.7 Å². The highest BCUT2D eigenvalue weighted by Gasteiger charge is 2.28. The molecule has 0 amide bonds. The second-order valence-corrected chi connectivity index (χ2v) is 16.8. The van der Waals surface area contributed by atoms with Crippen LogP contribution in [-0.2, 0) is 23.2 Å². The molecular weight excluding hydrogens is 715 g/mol.